The molecule has 0 aliphatic heterocycles. The summed E-state index contributed by atoms with van der Waals surface area (Å²) in [5, 5.41) is 12.3. The molecule has 2 bridgehead atoms. The number of carboxylic acid groups (broad SMARTS) is 1. The highest BCUT2D eigenvalue weighted by atomic mass is 35.5. The summed E-state index contributed by atoms with van der Waals surface area (Å²) < 4.78 is 41.5. The Hall–Kier alpha value is -2.52. The first-order chi connectivity index (χ1) is 15.4. The van der Waals surface area contributed by atoms with E-state index in [-0.39, 0.29) is 23.9 Å². The van der Waals surface area contributed by atoms with Crippen LogP contribution in [0.1, 0.15) is 47.7 Å². The molecule has 0 radical (unpaired) electrons. The predicted octanol–water partition coefficient (Wildman–Crippen LogP) is 5.80. The Labute approximate surface area is 196 Å². The number of thiophene rings is 1. The van der Waals surface area contributed by atoms with Crippen molar-refractivity contribution in [2.45, 2.75) is 44.9 Å². The zero-order chi connectivity index (χ0) is 23.8. The van der Waals surface area contributed by atoms with Crippen molar-refractivity contribution in [3.63, 3.8) is 0 Å². The zero-order valence-corrected chi connectivity index (χ0v) is 19.1. The minimum atomic E-state index is -4.40. The summed E-state index contributed by atoms with van der Waals surface area (Å²) in [6, 6.07) is 6.56. The molecule has 1 unspecified atom stereocenters. The standard InChI is InChI=1S/C23H20ClF3N2O3S/c1-12(21-9-22(10-21,11-21)20(31)32)28-19(30)16-17-15(33-18(16)24)6-7-29(17)8-13-2-4-14(5-3-13)23(25,26)27/h2-7,12H,8-11H2,1H3,(H,28,30)(H,31,32). The van der Waals surface area contributed by atoms with Crippen LogP contribution in [0.15, 0.2) is 36.5 Å². The van der Waals surface area contributed by atoms with Crippen LogP contribution in [-0.4, -0.2) is 27.6 Å². The predicted molar refractivity (Wildman–Crippen MR) is 119 cm³/mol. The van der Waals surface area contributed by atoms with E-state index in [1.54, 1.807) is 10.8 Å². The second-order valence-corrected chi connectivity index (χ2v) is 10.9. The lowest BCUT2D eigenvalue weighted by atomic mass is 9.33. The number of benzene rings is 1. The van der Waals surface area contributed by atoms with Crippen molar-refractivity contribution in [2.24, 2.45) is 10.8 Å². The number of alkyl halides is 3. The lowest BCUT2D eigenvalue weighted by molar-refractivity contribution is -0.230. The Morgan fingerprint density at radius 1 is 1.21 bits per heavy atom. The SMILES string of the molecule is CC(NC(=O)c1c(Cl)sc2ccn(Cc3ccc(C(F)(F)F)cc3)c12)C12CC(C(=O)O)(C1)C2. The molecule has 33 heavy (non-hydrogen) atoms. The molecular formula is C23H20ClF3N2O3S. The van der Waals surface area contributed by atoms with E-state index in [0.717, 1.165) is 16.8 Å². The Morgan fingerprint density at radius 3 is 2.42 bits per heavy atom. The van der Waals surface area contributed by atoms with Crippen molar-refractivity contribution in [3.05, 3.63) is 57.6 Å². The number of aliphatic carboxylic acids is 1. The number of fused-ring (bicyclic) bond motifs is 1. The van der Waals surface area contributed by atoms with Crippen LogP contribution >= 0.6 is 22.9 Å². The quantitative estimate of drug-likeness (QED) is 0.453. The monoisotopic (exact) mass is 496 g/mol. The number of hydrogen-bond acceptors (Lipinski definition) is 3. The summed E-state index contributed by atoms with van der Waals surface area (Å²) in [4.78, 5) is 24.6. The van der Waals surface area contributed by atoms with Gasteiger partial charge in [0.1, 0.15) is 4.34 Å². The smallest absolute Gasteiger partial charge is 0.416 e. The first-order valence-corrected chi connectivity index (χ1v) is 11.6. The number of nitrogens with one attached hydrogen (secondary N) is 1. The molecule has 2 heterocycles. The number of amides is 1. The molecule has 3 saturated carbocycles. The van der Waals surface area contributed by atoms with Crippen LogP contribution in [0.3, 0.4) is 0 Å². The van der Waals surface area contributed by atoms with Crippen LogP contribution in [0.5, 0.6) is 0 Å². The van der Waals surface area contributed by atoms with E-state index < -0.39 is 23.1 Å². The molecule has 0 spiro atoms. The summed E-state index contributed by atoms with van der Waals surface area (Å²) in [5.74, 6) is -1.10. The summed E-state index contributed by atoms with van der Waals surface area (Å²) >= 11 is 7.68. The summed E-state index contributed by atoms with van der Waals surface area (Å²) in [6.45, 7) is 2.18. The maximum atomic E-state index is 13.2. The minimum absolute atomic E-state index is 0.183. The first kappa shape index (κ1) is 22.3. The minimum Gasteiger partial charge on any atom is -0.481 e. The molecule has 2 N–H and O–H groups in total. The van der Waals surface area contributed by atoms with Crippen molar-refractivity contribution >= 4 is 45.0 Å². The van der Waals surface area contributed by atoms with E-state index >= 15 is 0 Å². The van der Waals surface area contributed by atoms with Gasteiger partial charge in [-0.2, -0.15) is 13.2 Å². The van der Waals surface area contributed by atoms with E-state index in [1.165, 1.54) is 23.5 Å². The van der Waals surface area contributed by atoms with Gasteiger partial charge >= 0.3 is 12.1 Å². The van der Waals surface area contributed by atoms with Crippen LogP contribution in [0.4, 0.5) is 13.2 Å². The van der Waals surface area contributed by atoms with Crippen molar-refractivity contribution < 1.29 is 27.9 Å². The fourth-order valence-electron chi connectivity index (χ4n) is 5.34. The summed E-state index contributed by atoms with van der Waals surface area (Å²) in [7, 11) is 0. The van der Waals surface area contributed by atoms with Gasteiger partial charge in [0.2, 0.25) is 0 Å². The molecular weight excluding hydrogens is 477 g/mol. The normalized spacial score (nSPS) is 24.8. The van der Waals surface area contributed by atoms with Crippen LogP contribution in [0.25, 0.3) is 10.2 Å². The Bertz CT molecular complexity index is 1260. The number of carboxylic acids is 1. The van der Waals surface area contributed by atoms with Crippen LogP contribution < -0.4 is 5.32 Å². The lowest BCUT2D eigenvalue weighted by Crippen LogP contribution is -2.71. The van der Waals surface area contributed by atoms with E-state index in [4.69, 9.17) is 11.6 Å². The van der Waals surface area contributed by atoms with E-state index in [2.05, 4.69) is 5.32 Å². The fraction of sp³-hybridized carbons (Fsp3) is 0.391. The van der Waals surface area contributed by atoms with E-state index in [0.29, 0.717) is 40.2 Å². The van der Waals surface area contributed by atoms with Crippen LogP contribution in [0.2, 0.25) is 4.34 Å². The summed E-state index contributed by atoms with van der Waals surface area (Å²) in [5.41, 5.74) is 0.111. The molecule has 10 heteroatoms. The number of hydrogen-bond donors (Lipinski definition) is 2. The zero-order valence-electron chi connectivity index (χ0n) is 17.5. The van der Waals surface area contributed by atoms with Gasteiger partial charge in [-0.3, -0.25) is 9.59 Å². The van der Waals surface area contributed by atoms with Gasteiger partial charge in [0, 0.05) is 18.8 Å². The van der Waals surface area contributed by atoms with E-state index in [1.807, 2.05) is 13.0 Å². The Kier molecular flexibility index (Phi) is 4.89. The second-order valence-electron chi connectivity index (χ2n) is 9.28. The van der Waals surface area contributed by atoms with Gasteiger partial charge in [0.05, 0.1) is 26.8 Å². The maximum Gasteiger partial charge on any atom is 0.416 e. The molecule has 3 aromatic rings. The summed E-state index contributed by atoms with van der Waals surface area (Å²) in [6.07, 6.45) is -0.921. The van der Waals surface area contributed by atoms with Gasteiger partial charge in [0.25, 0.3) is 5.91 Å². The highest BCUT2D eigenvalue weighted by Gasteiger charge is 2.73. The Balaban J connectivity index is 1.36. The number of carbonyl (C=O) groups excluding carboxylic acids is 1. The van der Waals surface area contributed by atoms with Gasteiger partial charge in [-0.25, -0.2) is 0 Å². The highest BCUT2D eigenvalue weighted by molar-refractivity contribution is 7.23. The van der Waals surface area contributed by atoms with Gasteiger partial charge in [-0.05, 0) is 55.4 Å². The van der Waals surface area contributed by atoms with Gasteiger partial charge in [-0.1, -0.05) is 23.7 Å². The first-order valence-electron chi connectivity index (χ1n) is 10.4. The topological polar surface area (TPSA) is 71.3 Å². The van der Waals surface area contributed by atoms with Crippen molar-refractivity contribution in [3.8, 4) is 0 Å². The number of nitrogens with zero attached hydrogens (tertiary/aromatic N) is 1. The van der Waals surface area contributed by atoms with Crippen LogP contribution in [-0.2, 0) is 17.5 Å². The van der Waals surface area contributed by atoms with Gasteiger partial charge < -0.3 is 15.0 Å². The highest BCUT2D eigenvalue weighted by Crippen LogP contribution is 2.74. The molecule has 3 fully saturated rings. The van der Waals surface area contributed by atoms with Gasteiger partial charge in [0.15, 0.2) is 0 Å². The Morgan fingerprint density at radius 2 is 1.85 bits per heavy atom. The second kappa shape index (κ2) is 7.24. The van der Waals surface area contributed by atoms with Crippen molar-refractivity contribution in [1.82, 2.24) is 9.88 Å². The van der Waals surface area contributed by atoms with E-state index in [9.17, 15) is 27.9 Å². The molecule has 3 aliphatic rings. The third kappa shape index (κ3) is 3.44. The maximum absolute atomic E-state index is 13.2. The number of aromatic nitrogens is 1. The molecule has 2 aromatic heterocycles. The lowest BCUT2D eigenvalue weighted by Gasteiger charge is -2.70. The molecule has 5 nitrogen and oxygen atoms in total. The molecule has 1 atom stereocenters. The molecule has 0 saturated heterocycles. The largest absolute Gasteiger partial charge is 0.481 e. The van der Waals surface area contributed by atoms with Gasteiger partial charge in [-0.15, -0.1) is 11.3 Å². The molecule has 3 aliphatic carbocycles. The average molecular weight is 497 g/mol. The van der Waals surface area contributed by atoms with Crippen LogP contribution in [0, 0.1) is 10.8 Å². The third-order valence-corrected chi connectivity index (χ3v) is 8.56. The van der Waals surface area contributed by atoms with Crippen molar-refractivity contribution in [2.75, 3.05) is 0 Å². The molecule has 1 aromatic carbocycles. The number of halogens is 4. The molecule has 174 valence electrons. The molecule has 1 amide bonds. The van der Waals surface area contributed by atoms with Crippen molar-refractivity contribution in [1.29, 1.82) is 0 Å². The number of rotatable bonds is 6. The third-order valence-electron chi connectivity index (χ3n) is 7.21. The average Bonchev–Trinajstić information content (AvgIpc) is 3.17. The fourth-order valence-corrected chi connectivity index (χ4v) is 6.70. The number of carbonyl (C=O) groups is 2. The molecule has 6 rings (SSSR count).